The van der Waals surface area contributed by atoms with E-state index in [9.17, 15) is 9.90 Å². The number of aliphatic hydroxyl groups is 2. The molecule has 0 radical (unpaired) electrons. The van der Waals surface area contributed by atoms with E-state index in [1.54, 1.807) is 6.08 Å². The van der Waals surface area contributed by atoms with Crippen molar-refractivity contribution in [3.05, 3.63) is 82.4 Å². The fourth-order valence-corrected chi connectivity index (χ4v) is 5.45. The number of piperidine rings is 2. The summed E-state index contributed by atoms with van der Waals surface area (Å²) < 4.78 is 0. The van der Waals surface area contributed by atoms with Crippen molar-refractivity contribution < 1.29 is 15.0 Å². The van der Waals surface area contributed by atoms with Crippen LogP contribution in [0.4, 0.5) is 0 Å². The van der Waals surface area contributed by atoms with E-state index in [0.717, 1.165) is 64.0 Å². The Balaban J connectivity index is 0.000000356. The lowest BCUT2D eigenvalue weighted by molar-refractivity contribution is -0.115. The van der Waals surface area contributed by atoms with Gasteiger partial charge in [-0.3, -0.25) is 4.79 Å². The minimum atomic E-state index is -0.100. The number of carbonyl (C=O) groups excluding carboxylic acids is 1. The Hall–Kier alpha value is -2.02. The highest BCUT2D eigenvalue weighted by Crippen LogP contribution is 2.29. The first-order valence-electron chi connectivity index (χ1n) is 16.3. The zero-order valence-electron chi connectivity index (χ0n) is 28.8. The van der Waals surface area contributed by atoms with E-state index in [2.05, 4.69) is 100 Å². The van der Waals surface area contributed by atoms with Gasteiger partial charge in [-0.1, -0.05) is 92.9 Å². The molecule has 0 spiro atoms. The maximum atomic E-state index is 11.8. The van der Waals surface area contributed by atoms with Crippen molar-refractivity contribution in [2.45, 2.75) is 117 Å². The molecule has 248 valence electrons. The predicted octanol–water partition coefficient (Wildman–Crippen LogP) is 7.47. The number of hydrogen-bond acceptors (Lipinski definition) is 5. The van der Waals surface area contributed by atoms with Crippen molar-refractivity contribution in [1.29, 1.82) is 0 Å². The Morgan fingerprint density at radius 1 is 0.795 bits per heavy atom. The van der Waals surface area contributed by atoms with Gasteiger partial charge in [0.1, 0.15) is 0 Å². The van der Waals surface area contributed by atoms with Crippen LogP contribution in [0.1, 0.15) is 102 Å². The van der Waals surface area contributed by atoms with Gasteiger partial charge >= 0.3 is 0 Å². The zero-order chi connectivity index (χ0) is 32.0. The number of allylic oxidation sites excluding steroid dienone is 2. The Bertz CT molecular complexity index is 1110. The fraction of sp³-hybridized carbons (Fsp3) is 0.605. The number of rotatable bonds is 8. The summed E-state index contributed by atoms with van der Waals surface area (Å²) in [5.74, 6) is 0.204. The second-order valence-corrected chi connectivity index (χ2v) is 14.2. The normalized spacial score (nSPS) is 16.4. The molecular weight excluding hydrogens is 568 g/mol. The van der Waals surface area contributed by atoms with Crippen LogP contribution in [0.5, 0.6) is 0 Å². The second-order valence-electron chi connectivity index (χ2n) is 14.2. The molecule has 5 nitrogen and oxygen atoms in total. The number of ketones is 1. The van der Waals surface area contributed by atoms with Crippen molar-refractivity contribution >= 4 is 18.2 Å². The first-order valence-corrected chi connectivity index (χ1v) is 16.3. The lowest BCUT2D eigenvalue weighted by Gasteiger charge is -2.33. The quantitative estimate of drug-likeness (QED) is 0.265. The highest BCUT2D eigenvalue weighted by atomic mass is 35.5. The van der Waals surface area contributed by atoms with Gasteiger partial charge in [0.2, 0.25) is 0 Å². The second kappa shape index (κ2) is 19.5. The molecule has 2 saturated heterocycles. The van der Waals surface area contributed by atoms with E-state index in [-0.39, 0.29) is 41.2 Å². The number of halogens is 1. The van der Waals surface area contributed by atoms with E-state index in [1.165, 1.54) is 28.7 Å². The SMILES string of the molecule is CC(C)=CC(=O)CC(C)(C)c1ccc(C)cc1.Cc1ccc(C(C)(C)CCN2CCC(O)CC2)cc1.Cl.OC1CCNCC1. The molecule has 0 atom stereocenters. The lowest BCUT2D eigenvalue weighted by atomic mass is 9.80. The number of hydrogen-bond donors (Lipinski definition) is 3. The van der Waals surface area contributed by atoms with Gasteiger partial charge in [-0.2, -0.15) is 0 Å². The Labute approximate surface area is 275 Å². The highest BCUT2D eigenvalue weighted by molar-refractivity contribution is 5.91. The molecule has 2 fully saturated rings. The van der Waals surface area contributed by atoms with E-state index in [1.807, 2.05) is 13.8 Å². The Morgan fingerprint density at radius 3 is 1.64 bits per heavy atom. The first kappa shape index (κ1) is 40.0. The van der Waals surface area contributed by atoms with Gasteiger partial charge in [-0.25, -0.2) is 0 Å². The molecule has 4 rings (SSSR count). The predicted molar refractivity (Wildman–Crippen MR) is 189 cm³/mol. The molecule has 2 aliphatic heterocycles. The maximum absolute atomic E-state index is 11.8. The average Bonchev–Trinajstić information content (AvgIpc) is 2.94. The number of nitrogens with zero attached hydrogens (tertiary/aromatic N) is 1. The third-order valence-corrected chi connectivity index (χ3v) is 8.65. The molecule has 0 unspecified atom stereocenters. The molecule has 0 aromatic heterocycles. The summed E-state index contributed by atoms with van der Waals surface area (Å²) in [6, 6.07) is 17.4. The van der Waals surface area contributed by atoms with Crippen molar-refractivity contribution in [1.82, 2.24) is 10.2 Å². The van der Waals surface area contributed by atoms with Gasteiger partial charge in [-0.05, 0) is 107 Å². The van der Waals surface area contributed by atoms with Crippen molar-refractivity contribution in [3.63, 3.8) is 0 Å². The number of carbonyl (C=O) groups is 1. The monoisotopic (exact) mass is 628 g/mol. The van der Waals surface area contributed by atoms with Crippen LogP contribution >= 0.6 is 12.4 Å². The smallest absolute Gasteiger partial charge is 0.156 e. The topological polar surface area (TPSA) is 72.8 Å². The Morgan fingerprint density at radius 2 is 1.23 bits per heavy atom. The summed E-state index contributed by atoms with van der Waals surface area (Å²) in [5, 5.41) is 21.6. The van der Waals surface area contributed by atoms with Crippen molar-refractivity contribution in [3.8, 4) is 0 Å². The maximum Gasteiger partial charge on any atom is 0.156 e. The number of nitrogens with one attached hydrogen (secondary N) is 1. The number of likely N-dealkylation sites (tertiary alicyclic amines) is 1. The molecule has 0 amide bonds. The molecular formula is C38H61ClN2O3. The summed E-state index contributed by atoms with van der Waals surface area (Å²) in [5.41, 5.74) is 6.41. The first-order chi connectivity index (χ1) is 20.2. The summed E-state index contributed by atoms with van der Waals surface area (Å²) >= 11 is 0. The number of aliphatic hydroxyl groups excluding tert-OH is 2. The van der Waals surface area contributed by atoms with E-state index < -0.39 is 0 Å². The average molecular weight is 629 g/mol. The molecule has 2 aliphatic rings. The third kappa shape index (κ3) is 15.3. The summed E-state index contributed by atoms with van der Waals surface area (Å²) in [6.07, 6.45) is 7.10. The van der Waals surface area contributed by atoms with E-state index in [4.69, 9.17) is 5.11 Å². The van der Waals surface area contributed by atoms with Gasteiger partial charge in [0.25, 0.3) is 0 Å². The molecule has 0 saturated carbocycles. The summed E-state index contributed by atoms with van der Waals surface area (Å²) in [4.78, 5) is 14.3. The fourth-order valence-electron chi connectivity index (χ4n) is 5.45. The highest BCUT2D eigenvalue weighted by Gasteiger charge is 2.24. The number of benzene rings is 2. The van der Waals surface area contributed by atoms with Crippen LogP contribution in [0.25, 0.3) is 0 Å². The molecule has 44 heavy (non-hydrogen) atoms. The lowest BCUT2D eigenvalue weighted by Crippen LogP contribution is -2.38. The minimum absolute atomic E-state index is 0. The van der Waals surface area contributed by atoms with Crippen LogP contribution in [-0.2, 0) is 15.6 Å². The summed E-state index contributed by atoms with van der Waals surface area (Å²) in [6.45, 7) is 22.2. The molecule has 0 bridgehead atoms. The van der Waals surface area contributed by atoms with Crippen LogP contribution in [0, 0.1) is 13.8 Å². The van der Waals surface area contributed by atoms with E-state index in [0.29, 0.717) is 6.42 Å². The number of aryl methyl sites for hydroxylation is 2. The van der Waals surface area contributed by atoms with Crippen LogP contribution in [0.15, 0.2) is 60.2 Å². The largest absolute Gasteiger partial charge is 0.393 e. The van der Waals surface area contributed by atoms with Gasteiger partial charge in [0.05, 0.1) is 12.2 Å². The molecule has 6 heteroatoms. The van der Waals surface area contributed by atoms with Crippen molar-refractivity contribution in [2.75, 3.05) is 32.7 Å². The molecule has 3 N–H and O–H groups in total. The standard InChI is InChI=1S/C17H27NO.C16H22O.C5H11NO.ClH/c1-14-4-6-15(7-5-14)17(2,3)10-13-18-11-8-16(19)9-12-18;1-12(2)10-15(17)11-16(4,5)14-8-6-13(3)7-9-14;7-5-1-3-6-4-2-5;/h4-7,16,19H,8-13H2,1-3H3;6-10H,11H2,1-5H3;5-7H,1-4H2;1H. The minimum Gasteiger partial charge on any atom is -0.393 e. The summed E-state index contributed by atoms with van der Waals surface area (Å²) in [7, 11) is 0. The Kier molecular flexibility index (Phi) is 17.7. The van der Waals surface area contributed by atoms with Crippen LogP contribution in [0.3, 0.4) is 0 Å². The zero-order valence-corrected chi connectivity index (χ0v) is 29.6. The van der Waals surface area contributed by atoms with Crippen LogP contribution < -0.4 is 5.32 Å². The van der Waals surface area contributed by atoms with Crippen LogP contribution in [0.2, 0.25) is 0 Å². The molecule has 2 aromatic carbocycles. The molecule has 0 aliphatic carbocycles. The van der Waals surface area contributed by atoms with Crippen molar-refractivity contribution in [2.24, 2.45) is 0 Å². The van der Waals surface area contributed by atoms with Crippen LogP contribution in [-0.4, -0.2) is 65.8 Å². The molecule has 2 aromatic rings. The van der Waals surface area contributed by atoms with Gasteiger partial charge in [-0.15, -0.1) is 12.4 Å². The van der Waals surface area contributed by atoms with Gasteiger partial charge in [0.15, 0.2) is 5.78 Å². The van der Waals surface area contributed by atoms with E-state index >= 15 is 0 Å². The molecule has 2 heterocycles. The third-order valence-electron chi connectivity index (χ3n) is 8.65. The van der Waals surface area contributed by atoms with Gasteiger partial charge in [0, 0.05) is 19.5 Å². The van der Waals surface area contributed by atoms with Gasteiger partial charge < -0.3 is 20.4 Å².